The van der Waals surface area contributed by atoms with Crippen LogP contribution in [0, 0.1) is 5.92 Å². The second-order valence-electron chi connectivity index (χ2n) is 5.62. The van der Waals surface area contributed by atoms with Crippen LogP contribution in [-0.2, 0) is 15.8 Å². The Balaban J connectivity index is 2.07. The van der Waals surface area contributed by atoms with Crippen molar-refractivity contribution in [3.05, 3.63) is 28.8 Å². The number of piperidine rings is 1. The van der Waals surface area contributed by atoms with Gasteiger partial charge in [0, 0.05) is 6.54 Å². The first-order valence-corrected chi connectivity index (χ1v) is 7.67. The number of hydrogen-bond acceptors (Lipinski definition) is 3. The molecular weight excluding hydrogens is 349 g/mol. The number of nitrogens with zero attached hydrogens (tertiary/aromatic N) is 1. The number of para-hydroxylation sites is 1. The average molecular weight is 365 g/mol. The van der Waals surface area contributed by atoms with Crippen molar-refractivity contribution in [3.63, 3.8) is 0 Å². The van der Waals surface area contributed by atoms with E-state index in [0.29, 0.717) is 19.4 Å². The molecule has 1 saturated heterocycles. The number of benzene rings is 1. The van der Waals surface area contributed by atoms with Gasteiger partial charge in [-0.15, -0.1) is 0 Å². The van der Waals surface area contributed by atoms with Crippen LogP contribution in [0.1, 0.15) is 18.4 Å². The van der Waals surface area contributed by atoms with E-state index < -0.39 is 35.2 Å². The van der Waals surface area contributed by atoms with E-state index in [0.717, 1.165) is 12.1 Å². The third-order valence-electron chi connectivity index (χ3n) is 3.81. The van der Waals surface area contributed by atoms with Gasteiger partial charge in [-0.2, -0.15) is 13.2 Å². The number of halogens is 4. The summed E-state index contributed by atoms with van der Waals surface area (Å²) in [5.41, 5.74) is -1.51. The Labute approximate surface area is 141 Å². The molecule has 0 aromatic heterocycles. The Bertz CT molecular complexity index is 637. The van der Waals surface area contributed by atoms with Gasteiger partial charge in [0.1, 0.15) is 0 Å². The largest absolute Gasteiger partial charge is 0.481 e. The summed E-state index contributed by atoms with van der Waals surface area (Å²) < 4.78 is 39.0. The zero-order valence-electron chi connectivity index (χ0n) is 12.6. The Hall–Kier alpha value is -1.80. The monoisotopic (exact) mass is 364 g/mol. The van der Waals surface area contributed by atoms with Crippen LogP contribution in [0.4, 0.5) is 18.9 Å². The molecule has 1 aromatic rings. The summed E-state index contributed by atoms with van der Waals surface area (Å²) in [6, 6.07) is 3.25. The third kappa shape index (κ3) is 4.61. The van der Waals surface area contributed by atoms with Crippen LogP contribution < -0.4 is 5.32 Å². The molecule has 5 nitrogen and oxygen atoms in total. The Kier molecular flexibility index (Phi) is 5.71. The third-order valence-corrected chi connectivity index (χ3v) is 4.12. The van der Waals surface area contributed by atoms with Crippen molar-refractivity contribution in [1.82, 2.24) is 4.90 Å². The van der Waals surface area contributed by atoms with Crippen molar-refractivity contribution in [2.75, 3.05) is 25.0 Å². The highest BCUT2D eigenvalue weighted by molar-refractivity contribution is 6.34. The summed E-state index contributed by atoms with van der Waals surface area (Å²) in [6.07, 6.45) is -3.51. The summed E-state index contributed by atoms with van der Waals surface area (Å²) >= 11 is 5.78. The van der Waals surface area contributed by atoms with Crippen LogP contribution in [0.5, 0.6) is 0 Å². The smallest absolute Gasteiger partial charge is 0.418 e. The standard InChI is InChI=1S/C15H16ClF3N2O3/c16-11-5-1-4-10(15(17,18)19)13(11)20-12(22)8-21-6-2-3-9(7-21)14(23)24/h1,4-5,9H,2-3,6-8H2,(H,20,22)(H,23,24). The average Bonchev–Trinajstić information content (AvgIpc) is 2.48. The normalized spacial score (nSPS) is 19.1. The van der Waals surface area contributed by atoms with E-state index in [9.17, 15) is 22.8 Å². The Morgan fingerprint density at radius 2 is 2.08 bits per heavy atom. The lowest BCUT2D eigenvalue weighted by molar-refractivity contribution is -0.144. The summed E-state index contributed by atoms with van der Waals surface area (Å²) in [7, 11) is 0. The minimum Gasteiger partial charge on any atom is -0.481 e. The minimum atomic E-state index is -4.65. The van der Waals surface area contributed by atoms with E-state index in [1.54, 1.807) is 4.90 Å². The fourth-order valence-electron chi connectivity index (χ4n) is 2.67. The highest BCUT2D eigenvalue weighted by Crippen LogP contribution is 2.38. The molecule has 1 unspecified atom stereocenters. The van der Waals surface area contributed by atoms with Crippen LogP contribution in [0.25, 0.3) is 0 Å². The van der Waals surface area contributed by atoms with Gasteiger partial charge in [0.25, 0.3) is 0 Å². The van der Waals surface area contributed by atoms with Gasteiger partial charge in [0.2, 0.25) is 5.91 Å². The molecule has 0 saturated carbocycles. The number of rotatable bonds is 4. The van der Waals surface area contributed by atoms with Crippen molar-refractivity contribution in [3.8, 4) is 0 Å². The van der Waals surface area contributed by atoms with E-state index >= 15 is 0 Å². The molecule has 1 fully saturated rings. The second kappa shape index (κ2) is 7.40. The Morgan fingerprint density at radius 3 is 2.71 bits per heavy atom. The van der Waals surface area contributed by atoms with Gasteiger partial charge in [-0.1, -0.05) is 17.7 Å². The van der Waals surface area contributed by atoms with E-state index in [-0.39, 0.29) is 18.1 Å². The van der Waals surface area contributed by atoms with Crippen molar-refractivity contribution < 1.29 is 27.9 Å². The number of carboxylic acid groups (broad SMARTS) is 1. The Morgan fingerprint density at radius 1 is 1.38 bits per heavy atom. The predicted molar refractivity (Wildman–Crippen MR) is 81.9 cm³/mol. The SMILES string of the molecule is O=C(CN1CCCC(C(=O)O)C1)Nc1c(Cl)cccc1C(F)(F)F. The van der Waals surface area contributed by atoms with Gasteiger partial charge in [-0.25, -0.2) is 0 Å². The highest BCUT2D eigenvalue weighted by atomic mass is 35.5. The lowest BCUT2D eigenvalue weighted by atomic mass is 9.98. The fraction of sp³-hybridized carbons (Fsp3) is 0.467. The molecule has 1 aromatic carbocycles. The summed E-state index contributed by atoms with van der Waals surface area (Å²) in [4.78, 5) is 24.7. The molecule has 0 spiro atoms. The number of nitrogens with one attached hydrogen (secondary N) is 1. The number of anilines is 1. The number of carbonyl (C=O) groups is 2. The van der Waals surface area contributed by atoms with Crippen molar-refractivity contribution in [1.29, 1.82) is 0 Å². The predicted octanol–water partition coefficient (Wildman–Crippen LogP) is 3.09. The van der Waals surface area contributed by atoms with Crippen LogP contribution in [-0.4, -0.2) is 41.5 Å². The summed E-state index contributed by atoms with van der Waals surface area (Å²) in [5, 5.41) is 11.0. The van der Waals surface area contributed by atoms with Crippen molar-refractivity contribution in [2.24, 2.45) is 5.92 Å². The highest BCUT2D eigenvalue weighted by Gasteiger charge is 2.35. The molecule has 2 N–H and O–H groups in total. The first kappa shape index (κ1) is 18.5. The van der Waals surface area contributed by atoms with Crippen LogP contribution in [0.3, 0.4) is 0 Å². The molecule has 0 aliphatic carbocycles. The molecule has 1 aliphatic rings. The van der Waals surface area contributed by atoms with E-state index in [2.05, 4.69) is 5.32 Å². The first-order valence-electron chi connectivity index (χ1n) is 7.29. The lowest BCUT2D eigenvalue weighted by Crippen LogP contribution is -2.42. The second-order valence-corrected chi connectivity index (χ2v) is 6.03. The topological polar surface area (TPSA) is 69.6 Å². The lowest BCUT2D eigenvalue weighted by Gasteiger charge is -2.30. The van der Waals surface area contributed by atoms with Crippen LogP contribution >= 0.6 is 11.6 Å². The molecule has 24 heavy (non-hydrogen) atoms. The number of amides is 1. The molecular formula is C15H16ClF3N2O3. The maximum absolute atomic E-state index is 13.0. The number of alkyl halides is 3. The van der Waals surface area contributed by atoms with Gasteiger partial charge in [0.15, 0.2) is 0 Å². The number of likely N-dealkylation sites (tertiary alicyclic amines) is 1. The maximum Gasteiger partial charge on any atom is 0.418 e. The summed E-state index contributed by atoms with van der Waals surface area (Å²) in [5.74, 6) is -2.18. The molecule has 2 rings (SSSR count). The molecule has 1 heterocycles. The van der Waals surface area contributed by atoms with E-state index in [1.165, 1.54) is 6.07 Å². The molecule has 132 valence electrons. The number of aliphatic carboxylic acids is 1. The first-order chi connectivity index (χ1) is 11.2. The molecule has 1 aliphatic heterocycles. The van der Waals surface area contributed by atoms with Gasteiger partial charge >= 0.3 is 12.1 Å². The molecule has 0 radical (unpaired) electrons. The maximum atomic E-state index is 13.0. The number of carbonyl (C=O) groups excluding carboxylic acids is 1. The number of carboxylic acids is 1. The molecule has 0 bridgehead atoms. The van der Waals surface area contributed by atoms with Gasteiger partial charge in [-0.05, 0) is 31.5 Å². The van der Waals surface area contributed by atoms with E-state index in [4.69, 9.17) is 16.7 Å². The summed E-state index contributed by atoms with van der Waals surface area (Å²) in [6.45, 7) is 0.523. The van der Waals surface area contributed by atoms with Gasteiger partial charge in [0.05, 0.1) is 28.7 Å². The molecule has 1 amide bonds. The van der Waals surface area contributed by atoms with Gasteiger partial charge < -0.3 is 10.4 Å². The fourth-order valence-corrected chi connectivity index (χ4v) is 2.89. The molecule has 9 heteroatoms. The minimum absolute atomic E-state index is 0.188. The quantitative estimate of drug-likeness (QED) is 0.861. The zero-order chi connectivity index (χ0) is 17.9. The van der Waals surface area contributed by atoms with Crippen molar-refractivity contribution in [2.45, 2.75) is 19.0 Å². The zero-order valence-corrected chi connectivity index (χ0v) is 13.3. The van der Waals surface area contributed by atoms with Crippen LogP contribution in [0.2, 0.25) is 5.02 Å². The van der Waals surface area contributed by atoms with E-state index in [1.807, 2.05) is 0 Å². The molecule has 1 atom stereocenters. The number of hydrogen-bond donors (Lipinski definition) is 2. The van der Waals surface area contributed by atoms with Gasteiger partial charge in [-0.3, -0.25) is 14.5 Å². The van der Waals surface area contributed by atoms with Crippen LogP contribution in [0.15, 0.2) is 18.2 Å². The van der Waals surface area contributed by atoms with Crippen molar-refractivity contribution >= 4 is 29.2 Å².